The van der Waals surface area contributed by atoms with Crippen molar-refractivity contribution in [3.63, 3.8) is 0 Å². The second-order valence-corrected chi connectivity index (χ2v) is 9.57. The van der Waals surface area contributed by atoms with Gasteiger partial charge in [-0.25, -0.2) is 8.42 Å². The molecule has 32 heavy (non-hydrogen) atoms. The van der Waals surface area contributed by atoms with Crippen molar-refractivity contribution in [1.29, 1.82) is 0 Å². The van der Waals surface area contributed by atoms with Gasteiger partial charge in [0.2, 0.25) is 0 Å². The van der Waals surface area contributed by atoms with E-state index >= 15 is 0 Å². The Bertz CT molecular complexity index is 1190. The van der Waals surface area contributed by atoms with Crippen LogP contribution in [0.2, 0.25) is 0 Å². The quantitative estimate of drug-likeness (QED) is 0.513. The van der Waals surface area contributed by atoms with Gasteiger partial charge in [-0.05, 0) is 75.2 Å². The van der Waals surface area contributed by atoms with Crippen LogP contribution in [0.4, 0.5) is 5.69 Å². The van der Waals surface area contributed by atoms with Crippen LogP contribution in [0.15, 0.2) is 71.6 Å². The smallest absolute Gasteiger partial charge is 0.261 e. The van der Waals surface area contributed by atoms with Crippen molar-refractivity contribution in [2.24, 2.45) is 0 Å². The summed E-state index contributed by atoms with van der Waals surface area (Å²) in [4.78, 5) is 12.9. The van der Waals surface area contributed by atoms with Crippen molar-refractivity contribution in [2.75, 3.05) is 4.72 Å². The second-order valence-electron chi connectivity index (χ2n) is 7.89. The van der Waals surface area contributed by atoms with Gasteiger partial charge in [-0.3, -0.25) is 9.52 Å². The van der Waals surface area contributed by atoms with Gasteiger partial charge in [-0.1, -0.05) is 35.9 Å². The lowest BCUT2D eigenvalue weighted by molar-refractivity contribution is 0.0950. The Kier molecular flexibility index (Phi) is 7.20. The molecule has 0 aliphatic heterocycles. The zero-order chi connectivity index (χ0) is 23.3. The molecule has 3 aromatic carbocycles. The molecule has 0 unspecified atom stereocenters. The van der Waals surface area contributed by atoms with Crippen molar-refractivity contribution in [3.05, 3.63) is 89.0 Å². The topological polar surface area (TPSA) is 84.5 Å². The molecule has 0 fully saturated rings. The Morgan fingerprint density at radius 1 is 0.938 bits per heavy atom. The van der Waals surface area contributed by atoms with Crippen molar-refractivity contribution in [2.45, 2.75) is 45.2 Å². The van der Waals surface area contributed by atoms with E-state index in [1.54, 1.807) is 49.4 Å². The molecule has 3 aromatic rings. The monoisotopic (exact) mass is 452 g/mol. The van der Waals surface area contributed by atoms with E-state index in [1.807, 2.05) is 45.0 Å². The Morgan fingerprint density at radius 2 is 1.59 bits per heavy atom. The third-order valence-electron chi connectivity index (χ3n) is 4.90. The Hall–Kier alpha value is -3.32. The van der Waals surface area contributed by atoms with E-state index in [9.17, 15) is 13.2 Å². The molecule has 0 saturated carbocycles. The number of carbonyl (C=O) groups excluding carboxylic acids is 1. The highest BCUT2D eigenvalue weighted by molar-refractivity contribution is 7.92. The maximum atomic E-state index is 12.8. The molecule has 0 bridgehead atoms. The molecule has 6 nitrogen and oxygen atoms in total. The van der Waals surface area contributed by atoms with E-state index in [0.29, 0.717) is 23.4 Å². The van der Waals surface area contributed by atoms with Crippen LogP contribution < -0.4 is 14.8 Å². The first-order chi connectivity index (χ1) is 15.2. The van der Waals surface area contributed by atoms with Crippen molar-refractivity contribution in [1.82, 2.24) is 5.32 Å². The summed E-state index contributed by atoms with van der Waals surface area (Å²) in [5, 5.41) is 2.89. The fourth-order valence-corrected chi connectivity index (χ4v) is 4.27. The van der Waals surface area contributed by atoms with Crippen molar-refractivity contribution >= 4 is 21.6 Å². The van der Waals surface area contributed by atoms with Crippen LogP contribution in [0.1, 0.15) is 40.9 Å². The summed E-state index contributed by atoms with van der Waals surface area (Å²) in [7, 11) is -3.76. The lowest BCUT2D eigenvalue weighted by atomic mass is 10.1. The average molecular weight is 453 g/mol. The van der Waals surface area contributed by atoms with E-state index in [-0.39, 0.29) is 16.9 Å². The number of carbonyl (C=O) groups is 1. The van der Waals surface area contributed by atoms with Gasteiger partial charge in [0.25, 0.3) is 15.9 Å². The van der Waals surface area contributed by atoms with E-state index in [2.05, 4.69) is 10.0 Å². The summed E-state index contributed by atoms with van der Waals surface area (Å²) >= 11 is 0. The first-order valence-corrected chi connectivity index (χ1v) is 11.9. The molecular formula is C25H28N2O4S. The molecule has 0 heterocycles. The molecule has 3 rings (SSSR count). The maximum Gasteiger partial charge on any atom is 0.261 e. The lowest BCUT2D eigenvalue weighted by Crippen LogP contribution is -2.24. The van der Waals surface area contributed by atoms with E-state index < -0.39 is 10.0 Å². The predicted octanol–water partition coefficient (Wildman–Crippen LogP) is 4.82. The number of ether oxygens (including phenoxy) is 1. The van der Waals surface area contributed by atoms with Crippen LogP contribution in [0.5, 0.6) is 5.75 Å². The number of sulfonamides is 1. The fourth-order valence-electron chi connectivity index (χ4n) is 3.15. The summed E-state index contributed by atoms with van der Waals surface area (Å²) in [6, 6.07) is 19.1. The van der Waals surface area contributed by atoms with Crippen LogP contribution in [0, 0.1) is 13.8 Å². The number of amides is 1. The van der Waals surface area contributed by atoms with Gasteiger partial charge in [-0.15, -0.1) is 0 Å². The zero-order valence-electron chi connectivity index (χ0n) is 18.7. The van der Waals surface area contributed by atoms with Gasteiger partial charge in [0.15, 0.2) is 0 Å². The number of benzene rings is 3. The Labute approximate surface area is 189 Å². The molecule has 2 N–H and O–H groups in total. The highest BCUT2D eigenvalue weighted by Gasteiger charge is 2.18. The molecule has 0 radical (unpaired) electrons. The minimum Gasteiger partial charge on any atom is -0.491 e. The first-order valence-electron chi connectivity index (χ1n) is 10.4. The van der Waals surface area contributed by atoms with Crippen molar-refractivity contribution < 1.29 is 17.9 Å². The Morgan fingerprint density at radius 3 is 2.22 bits per heavy atom. The number of nitrogens with one attached hydrogen (secondary N) is 2. The molecular weight excluding hydrogens is 424 g/mol. The lowest BCUT2D eigenvalue weighted by Gasteiger charge is -2.14. The summed E-state index contributed by atoms with van der Waals surface area (Å²) < 4.78 is 33.7. The molecule has 0 saturated heterocycles. The summed E-state index contributed by atoms with van der Waals surface area (Å²) in [6.07, 6.45) is 0.0965. The molecule has 0 aliphatic carbocycles. The van der Waals surface area contributed by atoms with Crippen LogP contribution in [0.25, 0.3) is 0 Å². The zero-order valence-corrected chi connectivity index (χ0v) is 19.5. The SMILES string of the molecule is Cc1ccc(S(=O)(=O)Nc2cccc(C(=O)NCc3ccc(OC(C)C)cc3)c2C)cc1. The first kappa shape index (κ1) is 23.3. The molecule has 0 aromatic heterocycles. The van der Waals surface area contributed by atoms with E-state index in [4.69, 9.17) is 4.74 Å². The number of aryl methyl sites for hydroxylation is 1. The highest BCUT2D eigenvalue weighted by Crippen LogP contribution is 2.23. The average Bonchev–Trinajstić information content (AvgIpc) is 2.74. The van der Waals surface area contributed by atoms with Crippen LogP contribution in [0.3, 0.4) is 0 Å². The van der Waals surface area contributed by atoms with Crippen LogP contribution in [-0.4, -0.2) is 20.4 Å². The summed E-state index contributed by atoms with van der Waals surface area (Å²) in [5.41, 5.74) is 3.24. The third kappa shape index (κ3) is 5.88. The summed E-state index contributed by atoms with van der Waals surface area (Å²) in [6.45, 7) is 7.89. The third-order valence-corrected chi connectivity index (χ3v) is 6.28. The standard InChI is InChI=1S/C25H28N2O4S/c1-17(2)31-21-12-10-20(11-13-21)16-26-25(28)23-6-5-7-24(19(23)4)27-32(29,30)22-14-8-18(3)9-15-22/h5-15,17,27H,16H2,1-4H3,(H,26,28). The predicted molar refractivity (Wildman–Crippen MR) is 127 cm³/mol. The number of hydrogen-bond donors (Lipinski definition) is 2. The van der Waals surface area contributed by atoms with Gasteiger partial charge < -0.3 is 10.1 Å². The molecule has 0 aliphatic rings. The van der Waals surface area contributed by atoms with E-state index in [0.717, 1.165) is 16.9 Å². The minimum absolute atomic E-state index is 0.0965. The van der Waals surface area contributed by atoms with E-state index in [1.165, 1.54) is 0 Å². The van der Waals surface area contributed by atoms with Gasteiger partial charge in [0.1, 0.15) is 5.75 Å². The minimum atomic E-state index is -3.76. The van der Waals surface area contributed by atoms with Crippen LogP contribution >= 0.6 is 0 Å². The Balaban J connectivity index is 1.70. The normalized spacial score (nSPS) is 11.3. The molecule has 7 heteroatoms. The number of rotatable bonds is 8. The second kappa shape index (κ2) is 9.87. The molecule has 0 spiro atoms. The summed E-state index contributed by atoms with van der Waals surface area (Å²) in [5.74, 6) is 0.501. The number of anilines is 1. The largest absolute Gasteiger partial charge is 0.491 e. The molecule has 0 atom stereocenters. The van der Waals surface area contributed by atoms with Gasteiger partial charge in [-0.2, -0.15) is 0 Å². The highest BCUT2D eigenvalue weighted by atomic mass is 32.2. The van der Waals surface area contributed by atoms with Gasteiger partial charge >= 0.3 is 0 Å². The maximum absolute atomic E-state index is 12.8. The molecule has 1 amide bonds. The fraction of sp³-hybridized carbons (Fsp3) is 0.240. The molecule has 168 valence electrons. The number of hydrogen-bond acceptors (Lipinski definition) is 4. The van der Waals surface area contributed by atoms with Gasteiger partial charge in [0, 0.05) is 12.1 Å². The van der Waals surface area contributed by atoms with Crippen LogP contribution in [-0.2, 0) is 16.6 Å². The van der Waals surface area contributed by atoms with Gasteiger partial charge in [0.05, 0.1) is 16.7 Å². The van der Waals surface area contributed by atoms with Crippen molar-refractivity contribution in [3.8, 4) is 5.75 Å².